The van der Waals surface area contributed by atoms with Gasteiger partial charge in [-0.25, -0.2) is 4.98 Å². The molecular weight excluding hydrogens is 405 g/mol. The van der Waals surface area contributed by atoms with E-state index in [-0.39, 0.29) is 12.4 Å². The first-order chi connectivity index (χ1) is 13.7. The van der Waals surface area contributed by atoms with Crippen molar-refractivity contribution in [2.75, 3.05) is 38.6 Å². The number of hydrogen-bond donors (Lipinski definition) is 1. The number of ether oxygens (including phenoxy) is 1. The molecular formula is C23H31Cl2N3O. The van der Waals surface area contributed by atoms with Crippen molar-refractivity contribution in [3.63, 3.8) is 0 Å². The van der Waals surface area contributed by atoms with Gasteiger partial charge >= 0.3 is 0 Å². The van der Waals surface area contributed by atoms with Crippen LogP contribution in [0.2, 0.25) is 5.02 Å². The highest BCUT2D eigenvalue weighted by atomic mass is 35.5. The summed E-state index contributed by atoms with van der Waals surface area (Å²) in [5.41, 5.74) is 2.97. The van der Waals surface area contributed by atoms with Gasteiger partial charge in [-0.15, -0.1) is 12.4 Å². The fourth-order valence-corrected chi connectivity index (χ4v) is 3.77. The third-order valence-corrected chi connectivity index (χ3v) is 5.53. The van der Waals surface area contributed by atoms with Gasteiger partial charge in [-0.3, -0.25) is 0 Å². The van der Waals surface area contributed by atoms with Crippen molar-refractivity contribution < 1.29 is 4.74 Å². The Morgan fingerprint density at radius 1 is 0.966 bits per heavy atom. The van der Waals surface area contributed by atoms with Crippen LogP contribution in [0, 0.1) is 0 Å². The van der Waals surface area contributed by atoms with Crippen molar-refractivity contribution in [1.82, 2.24) is 9.88 Å². The number of rotatable bonds is 10. The molecule has 1 N–H and O–H groups in total. The smallest absolute Gasteiger partial charge is 0.119 e. The Morgan fingerprint density at radius 2 is 1.76 bits per heavy atom. The summed E-state index contributed by atoms with van der Waals surface area (Å²) in [6.45, 7) is 8.84. The number of aromatic nitrogens is 1. The largest absolute Gasteiger partial charge is 0.497 e. The van der Waals surface area contributed by atoms with E-state index in [4.69, 9.17) is 21.3 Å². The topological polar surface area (TPSA) is 37.4 Å². The van der Waals surface area contributed by atoms with Gasteiger partial charge in [-0.05, 0) is 68.9 Å². The SMILES string of the molecule is CCN(CC)CCCCCNc1c2ccc(Cl)cc2nc2ccc(OC)cc12.Cl. The normalized spacial score (nSPS) is 11.1. The molecule has 0 bridgehead atoms. The molecule has 0 saturated carbocycles. The molecule has 4 nitrogen and oxygen atoms in total. The molecule has 0 unspecified atom stereocenters. The minimum absolute atomic E-state index is 0. The van der Waals surface area contributed by atoms with Crippen LogP contribution in [0.5, 0.6) is 5.75 Å². The van der Waals surface area contributed by atoms with E-state index < -0.39 is 0 Å². The highest BCUT2D eigenvalue weighted by molar-refractivity contribution is 6.31. The predicted molar refractivity (Wildman–Crippen MR) is 128 cm³/mol. The number of anilines is 1. The Labute approximate surface area is 185 Å². The van der Waals surface area contributed by atoms with Gasteiger partial charge in [0.2, 0.25) is 0 Å². The highest BCUT2D eigenvalue weighted by Crippen LogP contribution is 2.34. The molecule has 0 atom stereocenters. The summed E-state index contributed by atoms with van der Waals surface area (Å²) < 4.78 is 5.43. The van der Waals surface area contributed by atoms with Crippen LogP contribution in [0.15, 0.2) is 36.4 Å². The monoisotopic (exact) mass is 435 g/mol. The zero-order valence-corrected chi connectivity index (χ0v) is 19.1. The summed E-state index contributed by atoms with van der Waals surface area (Å²) in [5, 5.41) is 6.54. The zero-order valence-electron chi connectivity index (χ0n) is 17.5. The van der Waals surface area contributed by atoms with Crippen molar-refractivity contribution >= 4 is 51.5 Å². The van der Waals surface area contributed by atoms with E-state index in [1.165, 1.54) is 19.4 Å². The molecule has 0 saturated heterocycles. The van der Waals surface area contributed by atoms with Crippen molar-refractivity contribution in [1.29, 1.82) is 0 Å². The second-order valence-electron chi connectivity index (χ2n) is 7.05. The highest BCUT2D eigenvalue weighted by Gasteiger charge is 2.10. The fraction of sp³-hybridized carbons (Fsp3) is 0.435. The van der Waals surface area contributed by atoms with Gasteiger partial charge < -0.3 is 15.0 Å². The Hall–Kier alpha value is -1.75. The molecule has 2 aromatic carbocycles. The summed E-state index contributed by atoms with van der Waals surface area (Å²) in [6.07, 6.45) is 3.61. The summed E-state index contributed by atoms with van der Waals surface area (Å²) in [5.74, 6) is 0.838. The Kier molecular flexibility index (Phi) is 9.28. The van der Waals surface area contributed by atoms with Crippen molar-refractivity contribution in [3.05, 3.63) is 41.4 Å². The number of pyridine rings is 1. The molecule has 0 aliphatic rings. The number of nitrogens with zero attached hydrogens (tertiary/aromatic N) is 2. The molecule has 6 heteroatoms. The maximum atomic E-state index is 6.20. The maximum Gasteiger partial charge on any atom is 0.119 e. The number of nitrogens with one attached hydrogen (secondary N) is 1. The number of benzene rings is 2. The third-order valence-electron chi connectivity index (χ3n) is 5.29. The first kappa shape index (κ1) is 23.5. The molecule has 3 rings (SSSR count). The van der Waals surface area contributed by atoms with Crippen LogP contribution < -0.4 is 10.1 Å². The van der Waals surface area contributed by atoms with Crippen LogP contribution in [0.1, 0.15) is 33.1 Å². The molecule has 0 fully saturated rings. The lowest BCUT2D eigenvalue weighted by atomic mass is 10.1. The van der Waals surface area contributed by atoms with Gasteiger partial charge in [-0.2, -0.15) is 0 Å². The lowest BCUT2D eigenvalue weighted by Crippen LogP contribution is -2.23. The molecule has 0 aliphatic heterocycles. The molecule has 0 radical (unpaired) electrons. The van der Waals surface area contributed by atoms with Crippen LogP contribution in [0.3, 0.4) is 0 Å². The summed E-state index contributed by atoms with van der Waals surface area (Å²) in [7, 11) is 1.69. The number of methoxy groups -OCH3 is 1. The van der Waals surface area contributed by atoms with Gasteiger partial charge in [0.05, 0.1) is 23.8 Å². The summed E-state index contributed by atoms with van der Waals surface area (Å²) in [6, 6.07) is 11.9. The summed E-state index contributed by atoms with van der Waals surface area (Å²) in [4.78, 5) is 7.26. The van der Waals surface area contributed by atoms with Gasteiger partial charge in [0.25, 0.3) is 0 Å². The van der Waals surface area contributed by atoms with Crippen LogP contribution in [0.25, 0.3) is 21.8 Å². The molecule has 0 amide bonds. The molecule has 158 valence electrons. The molecule has 29 heavy (non-hydrogen) atoms. The Balaban J connectivity index is 0.00000300. The average Bonchev–Trinajstić information content (AvgIpc) is 2.72. The molecule has 1 aromatic heterocycles. The minimum Gasteiger partial charge on any atom is -0.497 e. The number of unbranched alkanes of at least 4 members (excludes halogenated alkanes) is 2. The zero-order chi connectivity index (χ0) is 19.9. The summed E-state index contributed by atoms with van der Waals surface area (Å²) >= 11 is 6.20. The molecule has 3 aromatic rings. The van der Waals surface area contributed by atoms with E-state index in [0.29, 0.717) is 5.02 Å². The van der Waals surface area contributed by atoms with Gasteiger partial charge in [-0.1, -0.05) is 31.9 Å². The minimum atomic E-state index is 0. The van der Waals surface area contributed by atoms with E-state index in [1.54, 1.807) is 7.11 Å². The van der Waals surface area contributed by atoms with Crippen molar-refractivity contribution in [2.24, 2.45) is 0 Å². The van der Waals surface area contributed by atoms with Crippen LogP contribution >= 0.6 is 24.0 Å². The van der Waals surface area contributed by atoms with Gasteiger partial charge in [0.15, 0.2) is 0 Å². The van der Waals surface area contributed by atoms with Crippen LogP contribution in [0.4, 0.5) is 5.69 Å². The number of hydrogen-bond acceptors (Lipinski definition) is 4. The molecule has 1 heterocycles. The van der Waals surface area contributed by atoms with Crippen molar-refractivity contribution in [2.45, 2.75) is 33.1 Å². The second kappa shape index (κ2) is 11.4. The maximum absolute atomic E-state index is 6.20. The third kappa shape index (κ3) is 5.88. The lowest BCUT2D eigenvalue weighted by molar-refractivity contribution is 0.296. The average molecular weight is 436 g/mol. The van der Waals surface area contributed by atoms with E-state index in [0.717, 1.165) is 59.3 Å². The van der Waals surface area contributed by atoms with Gasteiger partial charge in [0.1, 0.15) is 5.75 Å². The number of fused-ring (bicyclic) bond motifs is 2. The standard InChI is InChI=1S/C23H30ClN3O.ClH/c1-4-27(5-2)14-8-6-7-13-25-23-19-11-9-17(24)15-22(19)26-21-12-10-18(28-3)16-20(21)23;/h9-12,15-16H,4-8,13-14H2,1-3H3,(H,25,26);1H. The van der Waals surface area contributed by atoms with E-state index in [2.05, 4.69) is 30.1 Å². The fourth-order valence-electron chi connectivity index (χ4n) is 3.60. The quantitative estimate of drug-likeness (QED) is 0.295. The Morgan fingerprint density at radius 3 is 2.48 bits per heavy atom. The predicted octanol–water partition coefficient (Wildman–Crippen LogP) is 6.40. The first-order valence-corrected chi connectivity index (χ1v) is 10.6. The second-order valence-corrected chi connectivity index (χ2v) is 7.48. The van der Waals surface area contributed by atoms with Crippen LogP contribution in [-0.4, -0.2) is 43.2 Å². The number of halogens is 2. The van der Waals surface area contributed by atoms with Crippen LogP contribution in [-0.2, 0) is 0 Å². The first-order valence-electron chi connectivity index (χ1n) is 10.2. The van der Waals surface area contributed by atoms with Gasteiger partial charge in [0, 0.05) is 22.3 Å². The van der Waals surface area contributed by atoms with E-state index in [9.17, 15) is 0 Å². The van der Waals surface area contributed by atoms with E-state index in [1.807, 2.05) is 30.3 Å². The molecule has 0 aliphatic carbocycles. The Bertz CT molecular complexity index is 929. The van der Waals surface area contributed by atoms with Crippen molar-refractivity contribution in [3.8, 4) is 5.75 Å². The molecule has 0 spiro atoms. The van der Waals surface area contributed by atoms with E-state index >= 15 is 0 Å². The lowest BCUT2D eigenvalue weighted by Gasteiger charge is -2.18.